The minimum absolute atomic E-state index is 0.0124. The van der Waals surface area contributed by atoms with Gasteiger partial charge in [-0.15, -0.1) is 11.3 Å². The zero-order chi connectivity index (χ0) is 22.9. The Balaban J connectivity index is 1.45. The predicted molar refractivity (Wildman–Crippen MR) is 127 cm³/mol. The Morgan fingerprint density at radius 1 is 1.12 bits per heavy atom. The number of hydrogen-bond donors (Lipinski definition) is 2. The molecule has 32 heavy (non-hydrogen) atoms. The largest absolute Gasteiger partial charge is 0.464 e. The number of nitrogens with one attached hydrogen (secondary N) is 2. The van der Waals surface area contributed by atoms with E-state index in [4.69, 9.17) is 4.42 Å². The summed E-state index contributed by atoms with van der Waals surface area (Å²) < 4.78 is 32.9. The van der Waals surface area contributed by atoms with Crippen molar-refractivity contribution in [2.75, 3.05) is 10.0 Å². The second-order valence-electron chi connectivity index (χ2n) is 8.41. The number of sulfonamides is 1. The second-order valence-corrected chi connectivity index (χ2v) is 11.0. The van der Waals surface area contributed by atoms with E-state index in [1.165, 1.54) is 29.7 Å². The lowest BCUT2D eigenvalue weighted by atomic mass is 9.86. The first-order chi connectivity index (χ1) is 15.1. The molecule has 0 unspecified atom stereocenters. The zero-order valence-electron chi connectivity index (χ0n) is 17.9. The van der Waals surface area contributed by atoms with E-state index < -0.39 is 10.0 Å². The quantitative estimate of drug-likeness (QED) is 0.406. The number of anilines is 2. The van der Waals surface area contributed by atoms with Gasteiger partial charge in [0.1, 0.15) is 5.58 Å². The van der Waals surface area contributed by atoms with Crippen LogP contribution in [0.1, 0.15) is 31.9 Å². The van der Waals surface area contributed by atoms with Gasteiger partial charge in [0.2, 0.25) is 5.91 Å². The van der Waals surface area contributed by atoms with Crippen LogP contribution in [0.5, 0.6) is 0 Å². The molecule has 0 saturated carbocycles. The number of hydrogen-bond acceptors (Lipinski definition) is 6. The fraction of sp³-hybridized carbons (Fsp3) is 0.217. The van der Waals surface area contributed by atoms with Crippen LogP contribution < -0.4 is 10.0 Å². The van der Waals surface area contributed by atoms with Crippen molar-refractivity contribution in [2.24, 2.45) is 0 Å². The molecule has 0 aliphatic carbocycles. The summed E-state index contributed by atoms with van der Waals surface area (Å²) in [5.41, 5.74) is 3.20. The first-order valence-corrected chi connectivity index (χ1v) is 12.3. The van der Waals surface area contributed by atoms with Crippen LogP contribution in [-0.2, 0) is 26.7 Å². The maximum absolute atomic E-state index is 12.6. The van der Waals surface area contributed by atoms with Crippen molar-refractivity contribution >= 4 is 49.1 Å². The summed E-state index contributed by atoms with van der Waals surface area (Å²) in [6, 6.07) is 12.0. The van der Waals surface area contributed by atoms with Gasteiger partial charge in [-0.1, -0.05) is 26.8 Å². The van der Waals surface area contributed by atoms with Crippen LogP contribution in [0.3, 0.4) is 0 Å². The Morgan fingerprint density at radius 3 is 2.53 bits per heavy atom. The lowest BCUT2D eigenvalue weighted by Crippen LogP contribution is -2.15. The summed E-state index contributed by atoms with van der Waals surface area (Å²) in [4.78, 5) is 16.6. The summed E-state index contributed by atoms with van der Waals surface area (Å²) in [5, 5.41) is 5.71. The Bertz CT molecular complexity index is 1350. The van der Waals surface area contributed by atoms with Gasteiger partial charge in [-0.05, 0) is 47.4 Å². The SMILES string of the molecule is CC(C)(C)c1ccc2occ(CC(=O)Nc3ccc(S(=O)(=O)Nc4nccs4)cc3)c2c1. The third kappa shape index (κ3) is 4.84. The molecule has 9 heteroatoms. The van der Waals surface area contributed by atoms with Crippen LogP contribution in [0, 0.1) is 0 Å². The molecule has 0 atom stereocenters. The number of amides is 1. The summed E-state index contributed by atoms with van der Waals surface area (Å²) in [7, 11) is -3.74. The van der Waals surface area contributed by atoms with E-state index >= 15 is 0 Å². The van der Waals surface area contributed by atoms with Crippen molar-refractivity contribution in [2.45, 2.75) is 37.5 Å². The molecule has 0 radical (unpaired) electrons. The summed E-state index contributed by atoms with van der Waals surface area (Å²) in [6.07, 6.45) is 3.27. The second kappa shape index (κ2) is 8.40. The van der Waals surface area contributed by atoms with Crippen LogP contribution in [-0.4, -0.2) is 19.3 Å². The third-order valence-electron chi connectivity index (χ3n) is 4.97. The number of furan rings is 1. The molecule has 2 aromatic carbocycles. The monoisotopic (exact) mass is 469 g/mol. The summed E-state index contributed by atoms with van der Waals surface area (Å²) in [6.45, 7) is 6.41. The number of carbonyl (C=O) groups is 1. The Hall–Kier alpha value is -3.17. The molecular weight excluding hydrogens is 446 g/mol. The first-order valence-electron chi connectivity index (χ1n) is 9.95. The number of benzene rings is 2. The van der Waals surface area contributed by atoms with Crippen LogP contribution in [0.2, 0.25) is 0 Å². The van der Waals surface area contributed by atoms with Crippen LogP contribution >= 0.6 is 11.3 Å². The standard InChI is InChI=1S/C23H23N3O4S2/c1-23(2,3)16-4-9-20-19(13-16)15(14-30-20)12-21(27)25-17-5-7-18(8-6-17)32(28,29)26-22-24-10-11-31-22/h4-11,13-14H,12H2,1-3H3,(H,24,26)(H,25,27). The fourth-order valence-corrected chi connectivity index (χ4v) is 5.02. The number of carbonyl (C=O) groups excluding carboxylic acids is 1. The van der Waals surface area contributed by atoms with Gasteiger partial charge < -0.3 is 9.73 Å². The van der Waals surface area contributed by atoms with Gasteiger partial charge in [-0.25, -0.2) is 13.4 Å². The molecule has 2 N–H and O–H groups in total. The van der Waals surface area contributed by atoms with Gasteiger partial charge in [0.25, 0.3) is 10.0 Å². The number of aromatic nitrogens is 1. The Morgan fingerprint density at radius 2 is 1.88 bits per heavy atom. The van der Waals surface area contributed by atoms with E-state index in [9.17, 15) is 13.2 Å². The van der Waals surface area contributed by atoms with Crippen LogP contribution in [0.15, 0.2) is 69.6 Å². The molecule has 2 heterocycles. The number of nitrogens with zero attached hydrogens (tertiary/aromatic N) is 1. The van der Waals surface area contributed by atoms with E-state index in [1.54, 1.807) is 23.8 Å². The normalized spacial score (nSPS) is 12.1. The van der Waals surface area contributed by atoms with Crippen molar-refractivity contribution < 1.29 is 17.6 Å². The molecule has 7 nitrogen and oxygen atoms in total. The topological polar surface area (TPSA) is 101 Å². The highest BCUT2D eigenvalue weighted by molar-refractivity contribution is 7.93. The van der Waals surface area contributed by atoms with Gasteiger partial charge >= 0.3 is 0 Å². The molecule has 0 spiro atoms. The minimum Gasteiger partial charge on any atom is -0.464 e. The lowest BCUT2D eigenvalue weighted by Gasteiger charge is -2.18. The highest BCUT2D eigenvalue weighted by Crippen LogP contribution is 2.29. The van der Waals surface area contributed by atoms with E-state index in [0.29, 0.717) is 10.8 Å². The molecule has 4 aromatic rings. The maximum atomic E-state index is 12.6. The molecule has 0 aliphatic rings. The lowest BCUT2D eigenvalue weighted by molar-refractivity contribution is -0.115. The number of fused-ring (bicyclic) bond motifs is 1. The zero-order valence-corrected chi connectivity index (χ0v) is 19.5. The maximum Gasteiger partial charge on any atom is 0.263 e. The predicted octanol–water partition coefficient (Wildman–Crippen LogP) is 5.17. The van der Waals surface area contributed by atoms with Crippen molar-refractivity contribution in [1.82, 2.24) is 4.98 Å². The molecule has 166 valence electrons. The van der Waals surface area contributed by atoms with Crippen molar-refractivity contribution in [1.29, 1.82) is 0 Å². The van der Waals surface area contributed by atoms with Gasteiger partial charge in [0.05, 0.1) is 17.6 Å². The molecular formula is C23H23N3O4S2. The molecule has 0 fully saturated rings. The number of thiazole rings is 1. The average Bonchev–Trinajstić information content (AvgIpc) is 3.37. The smallest absolute Gasteiger partial charge is 0.263 e. The fourth-order valence-electron chi connectivity index (χ4n) is 3.23. The van der Waals surface area contributed by atoms with E-state index in [1.807, 2.05) is 12.1 Å². The van der Waals surface area contributed by atoms with Gasteiger partial charge in [0.15, 0.2) is 5.13 Å². The highest BCUT2D eigenvalue weighted by Gasteiger charge is 2.18. The van der Waals surface area contributed by atoms with Crippen LogP contribution in [0.25, 0.3) is 11.0 Å². The molecule has 1 amide bonds. The van der Waals surface area contributed by atoms with E-state index in [-0.39, 0.29) is 22.6 Å². The van der Waals surface area contributed by atoms with Gasteiger partial charge in [-0.3, -0.25) is 9.52 Å². The van der Waals surface area contributed by atoms with Gasteiger partial charge in [-0.2, -0.15) is 0 Å². The average molecular weight is 470 g/mol. The Kier molecular flexibility index (Phi) is 5.79. The van der Waals surface area contributed by atoms with E-state index in [0.717, 1.165) is 22.1 Å². The first kappa shape index (κ1) is 22.0. The summed E-state index contributed by atoms with van der Waals surface area (Å²) >= 11 is 1.19. The molecule has 0 saturated heterocycles. The molecule has 2 aromatic heterocycles. The summed E-state index contributed by atoms with van der Waals surface area (Å²) in [5.74, 6) is -0.217. The van der Waals surface area contributed by atoms with Crippen molar-refractivity contribution in [3.63, 3.8) is 0 Å². The van der Waals surface area contributed by atoms with Crippen LogP contribution in [0.4, 0.5) is 10.8 Å². The van der Waals surface area contributed by atoms with Crippen molar-refractivity contribution in [3.05, 3.63) is 71.4 Å². The molecule has 4 rings (SSSR count). The highest BCUT2D eigenvalue weighted by atomic mass is 32.2. The third-order valence-corrected chi connectivity index (χ3v) is 7.15. The van der Waals surface area contributed by atoms with E-state index in [2.05, 4.69) is 41.9 Å². The Labute approximate surface area is 190 Å². The van der Waals surface area contributed by atoms with Gasteiger partial charge in [0, 0.05) is 28.2 Å². The number of rotatable bonds is 6. The molecule has 0 aliphatic heterocycles. The minimum atomic E-state index is -3.74. The molecule has 0 bridgehead atoms. The van der Waals surface area contributed by atoms with Crippen molar-refractivity contribution in [3.8, 4) is 0 Å².